The van der Waals surface area contributed by atoms with Crippen molar-refractivity contribution in [3.63, 3.8) is 0 Å². The maximum atomic E-state index is 10.9. The van der Waals surface area contributed by atoms with Gasteiger partial charge in [0.2, 0.25) is 0 Å². The molecule has 4 nitrogen and oxygen atoms in total. The number of ether oxygens (including phenoxy) is 1. The predicted octanol–water partition coefficient (Wildman–Crippen LogP) is 0.607. The molecule has 0 atom stereocenters. The van der Waals surface area contributed by atoms with E-state index < -0.39 is 5.91 Å². The van der Waals surface area contributed by atoms with Gasteiger partial charge in [-0.3, -0.25) is 9.59 Å². The van der Waals surface area contributed by atoms with E-state index in [1.807, 2.05) is 0 Å². The van der Waals surface area contributed by atoms with E-state index in [1.165, 1.54) is 19.2 Å². The minimum atomic E-state index is -0.611. The van der Waals surface area contributed by atoms with E-state index in [4.69, 9.17) is 10.5 Å². The van der Waals surface area contributed by atoms with Gasteiger partial charge in [0, 0.05) is 5.56 Å². The Balaban J connectivity index is 3.25. The van der Waals surface area contributed by atoms with Crippen LogP contribution in [-0.2, 0) is 0 Å². The Labute approximate surface area is 75.3 Å². The third kappa shape index (κ3) is 1.84. The molecule has 0 aliphatic carbocycles. The lowest BCUT2D eigenvalue weighted by atomic mass is 10.1. The second kappa shape index (κ2) is 3.71. The highest BCUT2D eigenvalue weighted by Crippen LogP contribution is 2.18. The van der Waals surface area contributed by atoms with Crippen LogP contribution in [0, 0.1) is 0 Å². The Bertz CT molecular complexity index is 347. The number of hydrogen-bond acceptors (Lipinski definition) is 3. The highest BCUT2D eigenvalue weighted by Gasteiger charge is 2.08. The zero-order valence-corrected chi connectivity index (χ0v) is 7.11. The smallest absolute Gasteiger partial charge is 0.252 e. The van der Waals surface area contributed by atoms with Crippen LogP contribution in [-0.4, -0.2) is 19.3 Å². The first-order chi connectivity index (χ1) is 6.19. The summed E-state index contributed by atoms with van der Waals surface area (Å²) >= 11 is 0. The molecule has 0 aliphatic rings. The van der Waals surface area contributed by atoms with Gasteiger partial charge in [-0.15, -0.1) is 0 Å². The van der Waals surface area contributed by atoms with Gasteiger partial charge in [-0.05, 0) is 18.2 Å². The molecular formula is C9H9NO3. The quantitative estimate of drug-likeness (QED) is 0.691. The maximum absolute atomic E-state index is 10.9. The highest BCUT2D eigenvalue weighted by atomic mass is 16.5. The summed E-state index contributed by atoms with van der Waals surface area (Å²) in [6, 6.07) is 4.48. The van der Waals surface area contributed by atoms with Crippen LogP contribution in [0.5, 0.6) is 5.75 Å². The first-order valence-electron chi connectivity index (χ1n) is 3.62. The molecule has 0 saturated carbocycles. The molecule has 0 fully saturated rings. The van der Waals surface area contributed by atoms with Crippen molar-refractivity contribution in [2.75, 3.05) is 7.11 Å². The summed E-state index contributed by atoms with van der Waals surface area (Å²) in [7, 11) is 1.43. The van der Waals surface area contributed by atoms with Crippen molar-refractivity contribution in [3.8, 4) is 5.75 Å². The topological polar surface area (TPSA) is 69.4 Å². The molecular weight excluding hydrogens is 170 g/mol. The van der Waals surface area contributed by atoms with E-state index in [9.17, 15) is 9.59 Å². The molecule has 0 aromatic heterocycles. The Morgan fingerprint density at radius 1 is 1.54 bits per heavy atom. The van der Waals surface area contributed by atoms with Gasteiger partial charge < -0.3 is 10.5 Å². The summed E-state index contributed by atoms with van der Waals surface area (Å²) in [6.45, 7) is 0. The number of methoxy groups -OCH3 is 1. The normalized spacial score (nSPS) is 9.31. The van der Waals surface area contributed by atoms with Crippen molar-refractivity contribution in [1.82, 2.24) is 0 Å². The zero-order valence-electron chi connectivity index (χ0n) is 7.11. The van der Waals surface area contributed by atoms with E-state index in [-0.39, 0.29) is 5.56 Å². The zero-order chi connectivity index (χ0) is 9.84. The average Bonchev–Trinajstić information content (AvgIpc) is 2.16. The minimum Gasteiger partial charge on any atom is -0.496 e. The van der Waals surface area contributed by atoms with Crippen molar-refractivity contribution in [3.05, 3.63) is 29.3 Å². The number of carbonyl (C=O) groups excluding carboxylic acids is 2. The molecule has 0 heterocycles. The van der Waals surface area contributed by atoms with Crippen LogP contribution < -0.4 is 10.5 Å². The predicted molar refractivity (Wildman–Crippen MR) is 46.9 cm³/mol. The summed E-state index contributed by atoms with van der Waals surface area (Å²) < 4.78 is 4.89. The van der Waals surface area contributed by atoms with Gasteiger partial charge in [-0.25, -0.2) is 0 Å². The van der Waals surface area contributed by atoms with E-state index in [2.05, 4.69) is 0 Å². The molecule has 0 spiro atoms. The van der Waals surface area contributed by atoms with Crippen molar-refractivity contribution in [2.24, 2.45) is 5.73 Å². The standard InChI is InChI=1S/C9H9NO3/c1-13-8-3-2-6(5-11)4-7(8)9(10)12/h2-5H,1H3,(H2,10,12). The lowest BCUT2D eigenvalue weighted by Gasteiger charge is -2.04. The van der Waals surface area contributed by atoms with Crippen molar-refractivity contribution in [2.45, 2.75) is 0 Å². The molecule has 1 aromatic carbocycles. The van der Waals surface area contributed by atoms with Gasteiger partial charge >= 0.3 is 0 Å². The summed E-state index contributed by atoms with van der Waals surface area (Å²) in [6.07, 6.45) is 0.645. The average molecular weight is 179 g/mol. The maximum Gasteiger partial charge on any atom is 0.252 e. The Kier molecular flexibility index (Phi) is 2.64. The molecule has 0 aliphatic heterocycles. The van der Waals surface area contributed by atoms with Crippen LogP contribution in [0.15, 0.2) is 18.2 Å². The van der Waals surface area contributed by atoms with E-state index >= 15 is 0 Å². The van der Waals surface area contributed by atoms with Crippen molar-refractivity contribution in [1.29, 1.82) is 0 Å². The van der Waals surface area contributed by atoms with Gasteiger partial charge in [0.15, 0.2) is 0 Å². The molecule has 0 unspecified atom stereocenters. The molecule has 2 N–H and O–H groups in total. The summed E-state index contributed by atoms with van der Waals surface area (Å²) in [5.74, 6) is -0.237. The second-order valence-corrected chi connectivity index (χ2v) is 2.44. The summed E-state index contributed by atoms with van der Waals surface area (Å²) in [4.78, 5) is 21.3. The van der Waals surface area contributed by atoms with Crippen molar-refractivity contribution >= 4 is 12.2 Å². The van der Waals surface area contributed by atoms with Crippen molar-refractivity contribution < 1.29 is 14.3 Å². The number of primary amides is 1. The second-order valence-electron chi connectivity index (χ2n) is 2.44. The molecule has 4 heteroatoms. The number of aldehydes is 1. The van der Waals surface area contributed by atoms with Crippen LogP contribution in [0.25, 0.3) is 0 Å². The van der Waals surface area contributed by atoms with Crippen LogP contribution in [0.1, 0.15) is 20.7 Å². The number of carbonyl (C=O) groups is 2. The van der Waals surface area contributed by atoms with Crippen LogP contribution in [0.3, 0.4) is 0 Å². The van der Waals surface area contributed by atoms with E-state index in [0.29, 0.717) is 17.6 Å². The third-order valence-corrected chi connectivity index (χ3v) is 1.63. The van der Waals surface area contributed by atoms with Gasteiger partial charge in [0.1, 0.15) is 12.0 Å². The fourth-order valence-electron chi connectivity index (χ4n) is 0.991. The molecule has 0 saturated heterocycles. The SMILES string of the molecule is COc1ccc(C=O)cc1C(N)=O. The number of nitrogens with two attached hydrogens (primary N) is 1. The molecule has 1 rings (SSSR count). The molecule has 0 bridgehead atoms. The molecule has 13 heavy (non-hydrogen) atoms. The van der Waals surface area contributed by atoms with Gasteiger partial charge in [0.25, 0.3) is 5.91 Å². The van der Waals surface area contributed by atoms with Gasteiger partial charge in [0.05, 0.1) is 12.7 Å². The van der Waals surface area contributed by atoms with Crippen LogP contribution in [0.4, 0.5) is 0 Å². The molecule has 68 valence electrons. The van der Waals surface area contributed by atoms with Crippen LogP contribution in [0.2, 0.25) is 0 Å². The number of amides is 1. The fraction of sp³-hybridized carbons (Fsp3) is 0.111. The van der Waals surface area contributed by atoms with Gasteiger partial charge in [-0.1, -0.05) is 0 Å². The number of benzene rings is 1. The third-order valence-electron chi connectivity index (χ3n) is 1.63. The Hall–Kier alpha value is -1.84. The lowest BCUT2D eigenvalue weighted by Crippen LogP contribution is -2.12. The van der Waals surface area contributed by atoms with E-state index in [0.717, 1.165) is 0 Å². The van der Waals surface area contributed by atoms with Gasteiger partial charge in [-0.2, -0.15) is 0 Å². The van der Waals surface area contributed by atoms with E-state index in [1.54, 1.807) is 6.07 Å². The minimum absolute atomic E-state index is 0.215. The molecule has 1 amide bonds. The number of rotatable bonds is 3. The largest absolute Gasteiger partial charge is 0.496 e. The summed E-state index contributed by atoms with van der Waals surface area (Å²) in [5, 5.41) is 0. The molecule has 0 radical (unpaired) electrons. The fourth-order valence-corrected chi connectivity index (χ4v) is 0.991. The molecule has 1 aromatic rings. The lowest BCUT2D eigenvalue weighted by molar-refractivity contribution is 0.0997. The first kappa shape index (κ1) is 9.25. The monoisotopic (exact) mass is 179 g/mol. The summed E-state index contributed by atoms with van der Waals surface area (Å²) in [5.41, 5.74) is 5.69. The highest BCUT2D eigenvalue weighted by molar-refractivity contribution is 5.97. The number of hydrogen-bond donors (Lipinski definition) is 1. The first-order valence-corrected chi connectivity index (χ1v) is 3.62. The Morgan fingerprint density at radius 2 is 2.23 bits per heavy atom. The Morgan fingerprint density at radius 3 is 2.69 bits per heavy atom. The van der Waals surface area contributed by atoms with Crippen LogP contribution >= 0.6 is 0 Å².